The molecule has 0 N–H and O–H groups in total. The number of hydrogen-bond acceptors (Lipinski definition) is 2. The first kappa shape index (κ1) is 54.1. The number of anilines is 5. The minimum atomic E-state index is 0.280. The van der Waals surface area contributed by atoms with Gasteiger partial charge in [0.05, 0.1) is 11.4 Å². The summed E-state index contributed by atoms with van der Waals surface area (Å²) < 4.78 is 0. The van der Waals surface area contributed by atoms with Gasteiger partial charge in [-0.25, -0.2) is 0 Å². The van der Waals surface area contributed by atoms with E-state index in [1.54, 1.807) is 0 Å². The summed E-state index contributed by atoms with van der Waals surface area (Å²) >= 11 is 0. The maximum atomic E-state index is 4.08. The molecular weight excluding hydrogens is 917 g/mol. The highest BCUT2D eigenvalue weighted by Gasteiger charge is 2.27. The average molecular weight is 993 g/mol. The molecule has 0 heterocycles. The lowest BCUT2D eigenvalue weighted by atomic mass is 9.84. The molecule has 0 saturated carbocycles. The zero-order valence-corrected chi connectivity index (χ0v) is 46.8. The van der Waals surface area contributed by atoms with Gasteiger partial charge in [0.25, 0.3) is 0 Å². The largest absolute Gasteiger partial charge is 0.310 e. The second kappa shape index (κ2) is 24.9. The molecule has 0 aliphatic rings. The molecule has 2 nitrogen and oxygen atoms in total. The summed E-state index contributed by atoms with van der Waals surface area (Å²) in [5.41, 5.74) is 19.5. The van der Waals surface area contributed by atoms with Crippen LogP contribution >= 0.6 is 0 Å². The van der Waals surface area contributed by atoms with Gasteiger partial charge in [-0.2, -0.15) is 0 Å². The van der Waals surface area contributed by atoms with Gasteiger partial charge in [0.15, 0.2) is 0 Å². The molecule has 0 spiro atoms. The third-order valence-electron chi connectivity index (χ3n) is 14.3. The molecule has 0 bridgehead atoms. The van der Waals surface area contributed by atoms with Crippen LogP contribution in [0.4, 0.5) is 28.4 Å². The molecule has 10 aromatic rings. The van der Waals surface area contributed by atoms with Gasteiger partial charge >= 0.3 is 0 Å². The van der Waals surface area contributed by atoms with E-state index in [1.165, 1.54) is 105 Å². The Morgan fingerprint density at radius 2 is 0.934 bits per heavy atom. The summed E-state index contributed by atoms with van der Waals surface area (Å²) in [7, 11) is 0. The first-order chi connectivity index (χ1) is 36.9. The molecule has 0 saturated heterocycles. The predicted octanol–water partition coefficient (Wildman–Crippen LogP) is 22.3. The summed E-state index contributed by atoms with van der Waals surface area (Å²) in [4.78, 5) is 5.03. The molecule has 0 amide bonds. The average Bonchev–Trinajstić information content (AvgIpc) is 3.51. The maximum absolute atomic E-state index is 4.08. The topological polar surface area (TPSA) is 6.48 Å². The van der Waals surface area contributed by atoms with Crippen molar-refractivity contribution in [1.82, 2.24) is 0 Å². The van der Waals surface area contributed by atoms with Crippen LogP contribution in [0.2, 0.25) is 0 Å². The van der Waals surface area contributed by atoms with Gasteiger partial charge < -0.3 is 9.80 Å². The van der Waals surface area contributed by atoms with E-state index in [1.807, 2.05) is 50.3 Å². The molecular formula is C74H76N2. The van der Waals surface area contributed by atoms with Crippen molar-refractivity contribution in [1.29, 1.82) is 0 Å². The van der Waals surface area contributed by atoms with Crippen molar-refractivity contribution in [2.45, 2.75) is 94.4 Å². The van der Waals surface area contributed by atoms with Crippen LogP contribution in [0.15, 0.2) is 237 Å². The van der Waals surface area contributed by atoms with E-state index in [0.717, 1.165) is 23.5 Å². The van der Waals surface area contributed by atoms with Crippen LogP contribution in [-0.4, -0.2) is 0 Å². The smallest absolute Gasteiger partial charge is 0.0543 e. The zero-order chi connectivity index (χ0) is 53.9. The van der Waals surface area contributed by atoms with Crippen LogP contribution in [0, 0.1) is 27.7 Å². The van der Waals surface area contributed by atoms with E-state index in [4.69, 9.17) is 0 Å². The van der Waals surface area contributed by atoms with E-state index >= 15 is 0 Å². The monoisotopic (exact) mass is 993 g/mol. The van der Waals surface area contributed by atoms with Crippen molar-refractivity contribution in [2.24, 2.45) is 0 Å². The molecule has 0 atom stereocenters. The Balaban J connectivity index is 0.000000625. The van der Waals surface area contributed by atoms with E-state index in [0.29, 0.717) is 0 Å². The van der Waals surface area contributed by atoms with Crippen molar-refractivity contribution in [3.63, 3.8) is 0 Å². The third kappa shape index (κ3) is 11.7. The van der Waals surface area contributed by atoms with Gasteiger partial charge in [0.2, 0.25) is 0 Å². The van der Waals surface area contributed by atoms with Crippen LogP contribution in [0.3, 0.4) is 0 Å². The minimum absolute atomic E-state index is 0.280. The lowest BCUT2D eigenvalue weighted by Crippen LogP contribution is -2.18. The molecule has 10 rings (SSSR count). The van der Waals surface area contributed by atoms with Crippen molar-refractivity contribution in [3.8, 4) is 22.3 Å². The molecule has 10 aromatic carbocycles. The fourth-order valence-corrected chi connectivity index (χ4v) is 10.5. The highest BCUT2D eigenvalue weighted by Crippen LogP contribution is 2.51. The van der Waals surface area contributed by atoms with Crippen LogP contribution in [0.1, 0.15) is 100 Å². The van der Waals surface area contributed by atoms with Gasteiger partial charge in [-0.15, -0.1) is 0 Å². The number of nitrogens with zero attached hydrogens (tertiary/aromatic N) is 2. The normalized spacial score (nSPS) is 11.7. The molecule has 0 unspecified atom stereocenters. The Morgan fingerprint density at radius 1 is 0.461 bits per heavy atom. The molecule has 76 heavy (non-hydrogen) atoms. The van der Waals surface area contributed by atoms with Gasteiger partial charge in [-0.1, -0.05) is 217 Å². The molecule has 0 aromatic heterocycles. The number of benzene rings is 10. The van der Waals surface area contributed by atoms with Crippen LogP contribution in [0.25, 0.3) is 54.6 Å². The summed E-state index contributed by atoms with van der Waals surface area (Å²) in [6, 6.07) is 69.1. The first-order valence-electron chi connectivity index (χ1n) is 27.2. The Bertz CT molecular complexity index is 3640. The molecule has 0 fully saturated rings. The lowest BCUT2D eigenvalue weighted by Gasteiger charge is -2.33. The number of hydrogen-bond donors (Lipinski definition) is 0. The molecule has 0 radical (unpaired) electrons. The SMILES string of the molecule is C/C=C\C.C=C/C=C\C(=C/CC)N(c1ccc(-c2ccccc2)cc1C)c1cc(C(C)C)c2ccc3c(N(c4cccc(C)c4)c4ccc(-c5ccccc5)cc4C)cc(C(C)C)c4ccc1c2c43.Cc1ccccc1. The van der Waals surface area contributed by atoms with Gasteiger partial charge in [-0.3, -0.25) is 0 Å². The summed E-state index contributed by atoms with van der Waals surface area (Å²) in [5, 5.41) is 7.74. The highest BCUT2D eigenvalue weighted by molar-refractivity contribution is 6.29. The van der Waals surface area contributed by atoms with Crippen molar-refractivity contribution >= 4 is 60.8 Å². The zero-order valence-electron chi connectivity index (χ0n) is 46.8. The van der Waals surface area contributed by atoms with Gasteiger partial charge in [-0.05, 0) is 186 Å². The van der Waals surface area contributed by atoms with Crippen molar-refractivity contribution in [2.75, 3.05) is 9.80 Å². The molecule has 0 aliphatic carbocycles. The van der Waals surface area contributed by atoms with Crippen molar-refractivity contribution < 1.29 is 0 Å². The Labute approximate surface area is 455 Å². The molecule has 2 heteroatoms. The summed E-state index contributed by atoms with van der Waals surface area (Å²) in [6.45, 7) is 28.5. The van der Waals surface area contributed by atoms with Gasteiger partial charge in [0, 0.05) is 33.5 Å². The second-order valence-electron chi connectivity index (χ2n) is 20.5. The van der Waals surface area contributed by atoms with Crippen LogP contribution < -0.4 is 9.80 Å². The standard InChI is InChI=1S/C63H60N2.C7H8.C4H8/c1-10-12-26-50(20-11-2)64(58-34-28-48(37-44(58)8)46-22-15-13-16-23-46)60-39-56(41(3)4)52-31-33-55-61(40-57(42(5)6)53-30-32-54(60)62(52)63(53)55)65(51-27-19-21-43(7)36-51)59-35-29-49(38-45(59)9)47-24-17-14-18-25-47;1-7-5-3-2-4-6-7;1-3-4-2/h10,12-42H,1,11H2,2-9H3;2-6H,1H3;3-4H,1-2H3/b26-12-,50-20+;;4-3-. The third-order valence-corrected chi connectivity index (χ3v) is 14.3. The number of allylic oxidation sites excluding steroid dienone is 6. The molecule has 382 valence electrons. The van der Waals surface area contributed by atoms with E-state index < -0.39 is 0 Å². The lowest BCUT2D eigenvalue weighted by molar-refractivity contribution is 0.875. The van der Waals surface area contributed by atoms with E-state index in [2.05, 4.69) is 267 Å². The van der Waals surface area contributed by atoms with E-state index in [-0.39, 0.29) is 11.8 Å². The quantitative estimate of drug-likeness (QED) is 0.0645. The minimum Gasteiger partial charge on any atom is -0.310 e. The number of aryl methyl sites for hydroxylation is 4. The Kier molecular flexibility index (Phi) is 17.7. The summed E-state index contributed by atoms with van der Waals surface area (Å²) in [5.74, 6) is 0.566. The number of rotatable bonds is 13. The first-order valence-corrected chi connectivity index (χ1v) is 27.2. The van der Waals surface area contributed by atoms with Gasteiger partial charge in [0.1, 0.15) is 0 Å². The fraction of sp³-hybridized carbons (Fsp3) is 0.189. The Morgan fingerprint density at radius 3 is 1.38 bits per heavy atom. The molecule has 0 aliphatic heterocycles. The maximum Gasteiger partial charge on any atom is 0.0543 e. The highest BCUT2D eigenvalue weighted by atomic mass is 15.2. The summed E-state index contributed by atoms with van der Waals surface area (Å²) in [6.07, 6.45) is 13.4. The fourth-order valence-electron chi connectivity index (χ4n) is 10.5. The predicted molar refractivity (Wildman–Crippen MR) is 336 cm³/mol. The van der Waals surface area contributed by atoms with Crippen LogP contribution in [-0.2, 0) is 0 Å². The van der Waals surface area contributed by atoms with E-state index in [9.17, 15) is 0 Å². The second-order valence-corrected chi connectivity index (χ2v) is 20.5. The Hall–Kier alpha value is -8.20. The van der Waals surface area contributed by atoms with Crippen LogP contribution in [0.5, 0.6) is 0 Å². The van der Waals surface area contributed by atoms with Crippen molar-refractivity contribution in [3.05, 3.63) is 270 Å².